The van der Waals surface area contributed by atoms with Crippen molar-refractivity contribution in [2.45, 2.75) is 19.8 Å². The van der Waals surface area contributed by atoms with Crippen molar-refractivity contribution >= 4 is 5.96 Å². The second kappa shape index (κ2) is 10.3. The van der Waals surface area contributed by atoms with E-state index in [0.29, 0.717) is 12.4 Å². The number of para-hydroxylation sites is 1. The van der Waals surface area contributed by atoms with Crippen LogP contribution in [0.15, 0.2) is 64.2 Å². The lowest BCUT2D eigenvalue weighted by molar-refractivity contribution is 0.409. The van der Waals surface area contributed by atoms with Gasteiger partial charge in [0.1, 0.15) is 12.0 Å². The van der Waals surface area contributed by atoms with E-state index in [1.807, 2.05) is 30.3 Å². The number of ether oxygens (including phenoxy) is 1. The van der Waals surface area contributed by atoms with Crippen molar-refractivity contribution in [3.8, 4) is 17.2 Å². The molecule has 3 aromatic rings. The van der Waals surface area contributed by atoms with Crippen molar-refractivity contribution in [1.29, 1.82) is 0 Å². The molecule has 1 heterocycles. The van der Waals surface area contributed by atoms with E-state index >= 15 is 0 Å². The molecule has 0 atom stereocenters. The largest absolute Gasteiger partial charge is 0.496 e. The van der Waals surface area contributed by atoms with E-state index in [-0.39, 0.29) is 0 Å². The van der Waals surface area contributed by atoms with E-state index in [2.05, 4.69) is 45.7 Å². The average Bonchev–Trinajstić information content (AvgIpc) is 3.22. The summed E-state index contributed by atoms with van der Waals surface area (Å²) < 4.78 is 11.0. The molecular formula is C23H28N4O2. The molecule has 0 bridgehead atoms. The maximum Gasteiger partial charge on any atom is 0.226 e. The average molecular weight is 393 g/mol. The second-order valence-electron chi connectivity index (χ2n) is 6.75. The van der Waals surface area contributed by atoms with Crippen LogP contribution in [0.4, 0.5) is 0 Å². The Balaban J connectivity index is 1.44. The van der Waals surface area contributed by atoms with Crippen molar-refractivity contribution in [2.75, 3.05) is 27.2 Å². The lowest BCUT2D eigenvalue weighted by Gasteiger charge is -2.12. The number of hydrogen-bond donors (Lipinski definition) is 2. The third-order valence-electron chi connectivity index (χ3n) is 4.63. The van der Waals surface area contributed by atoms with Crippen molar-refractivity contribution < 1.29 is 9.15 Å². The molecule has 6 nitrogen and oxygen atoms in total. The van der Waals surface area contributed by atoms with Crippen LogP contribution in [-0.4, -0.2) is 38.2 Å². The van der Waals surface area contributed by atoms with Gasteiger partial charge in [0.05, 0.1) is 12.8 Å². The Kier molecular flexibility index (Phi) is 7.28. The molecule has 2 aromatic carbocycles. The summed E-state index contributed by atoms with van der Waals surface area (Å²) in [6.07, 6.45) is 3.32. The van der Waals surface area contributed by atoms with Gasteiger partial charge in [-0.25, -0.2) is 4.98 Å². The molecule has 6 heteroatoms. The SMILES string of the molecule is CN=C(NCCc1coc(-c2ccc(C)cc2)n1)NCCc1ccccc1OC. The van der Waals surface area contributed by atoms with Crippen LogP contribution in [-0.2, 0) is 12.8 Å². The van der Waals surface area contributed by atoms with Crippen molar-refractivity contribution in [3.05, 3.63) is 71.6 Å². The Morgan fingerprint density at radius 2 is 1.76 bits per heavy atom. The Hall–Kier alpha value is -3.28. The van der Waals surface area contributed by atoms with Gasteiger partial charge in [0.2, 0.25) is 5.89 Å². The minimum atomic E-state index is 0.652. The number of aliphatic imine (C=N–C) groups is 1. The van der Waals surface area contributed by atoms with Gasteiger partial charge in [-0.2, -0.15) is 0 Å². The number of guanidine groups is 1. The number of aromatic nitrogens is 1. The summed E-state index contributed by atoms with van der Waals surface area (Å²) in [4.78, 5) is 8.85. The standard InChI is InChI=1S/C23H28N4O2/c1-17-8-10-19(11-9-17)22-27-20(16-29-22)13-15-26-23(24-2)25-14-12-18-6-4-5-7-21(18)28-3/h4-11,16H,12-15H2,1-3H3,(H2,24,25,26). The van der Waals surface area contributed by atoms with Crippen LogP contribution in [0.2, 0.25) is 0 Å². The Bertz CT molecular complexity index is 932. The maximum atomic E-state index is 5.61. The van der Waals surface area contributed by atoms with Crippen LogP contribution < -0.4 is 15.4 Å². The van der Waals surface area contributed by atoms with Gasteiger partial charge in [-0.15, -0.1) is 0 Å². The molecule has 0 radical (unpaired) electrons. The van der Waals surface area contributed by atoms with Crippen LogP contribution in [0.25, 0.3) is 11.5 Å². The lowest BCUT2D eigenvalue weighted by Crippen LogP contribution is -2.39. The third-order valence-corrected chi connectivity index (χ3v) is 4.63. The van der Waals surface area contributed by atoms with E-state index in [1.165, 1.54) is 11.1 Å². The molecule has 2 N–H and O–H groups in total. The number of aryl methyl sites for hydroxylation is 1. The summed E-state index contributed by atoms with van der Waals surface area (Å²) in [7, 11) is 3.46. The molecule has 0 aliphatic rings. The summed E-state index contributed by atoms with van der Waals surface area (Å²) in [5.41, 5.74) is 4.29. The maximum absolute atomic E-state index is 5.61. The van der Waals surface area contributed by atoms with Crippen LogP contribution in [0.1, 0.15) is 16.8 Å². The second-order valence-corrected chi connectivity index (χ2v) is 6.75. The number of rotatable bonds is 8. The number of hydrogen-bond acceptors (Lipinski definition) is 4. The number of methoxy groups -OCH3 is 1. The fraction of sp³-hybridized carbons (Fsp3) is 0.304. The fourth-order valence-electron chi connectivity index (χ4n) is 3.01. The van der Waals surface area contributed by atoms with Gasteiger partial charge in [0, 0.05) is 32.1 Å². The zero-order valence-corrected chi connectivity index (χ0v) is 17.2. The molecule has 29 heavy (non-hydrogen) atoms. The minimum Gasteiger partial charge on any atom is -0.496 e. The lowest BCUT2D eigenvalue weighted by atomic mass is 10.1. The predicted octanol–water partition coefficient (Wildman–Crippen LogP) is 3.61. The van der Waals surface area contributed by atoms with Crippen LogP contribution >= 0.6 is 0 Å². The highest BCUT2D eigenvalue weighted by atomic mass is 16.5. The first-order valence-corrected chi connectivity index (χ1v) is 9.77. The van der Waals surface area contributed by atoms with Crippen LogP contribution in [0.5, 0.6) is 5.75 Å². The van der Waals surface area contributed by atoms with Crippen LogP contribution in [0, 0.1) is 6.92 Å². The topological polar surface area (TPSA) is 71.7 Å². The Morgan fingerprint density at radius 3 is 2.48 bits per heavy atom. The van der Waals surface area contributed by atoms with Gasteiger partial charge in [0.15, 0.2) is 5.96 Å². The molecule has 0 fully saturated rings. The van der Waals surface area contributed by atoms with Gasteiger partial charge in [0.25, 0.3) is 0 Å². The molecule has 152 valence electrons. The highest BCUT2D eigenvalue weighted by molar-refractivity contribution is 5.79. The summed E-state index contributed by atoms with van der Waals surface area (Å²) in [6, 6.07) is 16.2. The number of oxazole rings is 1. The van der Waals surface area contributed by atoms with Crippen molar-refractivity contribution in [1.82, 2.24) is 15.6 Å². The summed E-state index contributed by atoms with van der Waals surface area (Å²) in [6.45, 7) is 3.55. The van der Waals surface area contributed by atoms with Gasteiger partial charge in [-0.1, -0.05) is 35.9 Å². The highest BCUT2D eigenvalue weighted by Crippen LogP contribution is 2.19. The Labute approximate surface area is 172 Å². The van der Waals surface area contributed by atoms with Gasteiger partial charge in [-0.05, 0) is 37.1 Å². The molecule has 0 amide bonds. The molecule has 0 spiro atoms. The van der Waals surface area contributed by atoms with Crippen molar-refractivity contribution in [2.24, 2.45) is 4.99 Å². The quantitative estimate of drug-likeness (QED) is 0.453. The summed E-state index contributed by atoms with van der Waals surface area (Å²) in [5, 5.41) is 6.65. The predicted molar refractivity (Wildman–Crippen MR) is 116 cm³/mol. The monoisotopic (exact) mass is 392 g/mol. The van der Waals surface area contributed by atoms with E-state index in [1.54, 1.807) is 20.4 Å². The van der Waals surface area contributed by atoms with E-state index in [9.17, 15) is 0 Å². The first-order chi connectivity index (χ1) is 14.2. The van der Waals surface area contributed by atoms with Gasteiger partial charge in [-0.3, -0.25) is 4.99 Å². The number of nitrogens with zero attached hydrogens (tertiary/aromatic N) is 2. The number of nitrogens with one attached hydrogen (secondary N) is 2. The summed E-state index contributed by atoms with van der Waals surface area (Å²) in [5.74, 6) is 2.33. The Morgan fingerprint density at radius 1 is 1.03 bits per heavy atom. The fourth-order valence-corrected chi connectivity index (χ4v) is 3.01. The molecule has 1 aromatic heterocycles. The zero-order chi connectivity index (χ0) is 20.5. The minimum absolute atomic E-state index is 0.652. The third kappa shape index (κ3) is 5.85. The van der Waals surface area contributed by atoms with Crippen LogP contribution in [0.3, 0.4) is 0 Å². The molecule has 0 saturated carbocycles. The van der Waals surface area contributed by atoms with E-state index in [4.69, 9.17) is 9.15 Å². The molecule has 0 saturated heterocycles. The molecule has 0 aliphatic carbocycles. The highest BCUT2D eigenvalue weighted by Gasteiger charge is 2.07. The van der Waals surface area contributed by atoms with E-state index < -0.39 is 0 Å². The van der Waals surface area contributed by atoms with Gasteiger partial charge >= 0.3 is 0 Å². The molecule has 0 unspecified atom stereocenters. The molecule has 0 aliphatic heterocycles. The smallest absolute Gasteiger partial charge is 0.226 e. The zero-order valence-electron chi connectivity index (χ0n) is 17.2. The molecular weight excluding hydrogens is 364 g/mol. The first kappa shape index (κ1) is 20.5. The van der Waals surface area contributed by atoms with Gasteiger partial charge < -0.3 is 19.8 Å². The first-order valence-electron chi connectivity index (χ1n) is 9.77. The number of benzene rings is 2. The normalized spacial score (nSPS) is 11.3. The summed E-state index contributed by atoms with van der Waals surface area (Å²) >= 11 is 0. The van der Waals surface area contributed by atoms with E-state index in [0.717, 1.165) is 42.4 Å². The van der Waals surface area contributed by atoms with Crippen molar-refractivity contribution in [3.63, 3.8) is 0 Å². The molecule has 3 rings (SSSR count).